The van der Waals surface area contributed by atoms with Gasteiger partial charge in [-0.2, -0.15) is 0 Å². The average Bonchev–Trinajstić information content (AvgIpc) is 2.82. The summed E-state index contributed by atoms with van der Waals surface area (Å²) in [5.74, 6) is 0. The molecule has 0 aliphatic heterocycles. The summed E-state index contributed by atoms with van der Waals surface area (Å²) in [4.78, 5) is 0. The number of benzene rings is 1. The van der Waals surface area contributed by atoms with Crippen molar-refractivity contribution >= 4 is 11.0 Å². The summed E-state index contributed by atoms with van der Waals surface area (Å²) < 4.78 is 15.5. The Morgan fingerprint density at radius 2 is 1.67 bits per heavy atom. The normalized spacial score (nSPS) is 27.8. The van der Waals surface area contributed by atoms with Gasteiger partial charge in [-0.05, 0) is 38.2 Å². The quantitative estimate of drug-likeness (QED) is 0.892. The Hall–Kier alpha value is -0.670. The monoisotopic (exact) mass is 265 g/mol. The predicted molar refractivity (Wildman–Crippen MR) is 77.5 cm³/mol. The van der Waals surface area contributed by atoms with Gasteiger partial charge in [0.05, 0.1) is 21.3 Å². The van der Waals surface area contributed by atoms with Gasteiger partial charge in [-0.3, -0.25) is 0 Å². The number of nitrogens with one attached hydrogen (secondary N) is 1. The van der Waals surface area contributed by atoms with E-state index in [1.165, 1.54) is 5.56 Å². The first-order valence-corrected chi connectivity index (χ1v) is 7.59. The van der Waals surface area contributed by atoms with Crippen molar-refractivity contribution in [3.05, 3.63) is 35.9 Å². The van der Waals surface area contributed by atoms with E-state index < -0.39 is 11.0 Å². The van der Waals surface area contributed by atoms with Crippen LogP contribution in [-0.2, 0) is 16.5 Å². The highest BCUT2D eigenvalue weighted by Gasteiger charge is 2.63. The van der Waals surface area contributed by atoms with Crippen molar-refractivity contribution in [1.82, 2.24) is 4.72 Å². The van der Waals surface area contributed by atoms with Crippen molar-refractivity contribution < 1.29 is 4.21 Å². The SMILES string of the molecule is CC(C)(C)S(=O)N[C@]1(c2ccccc2)CC1(C)C. The van der Waals surface area contributed by atoms with Gasteiger partial charge >= 0.3 is 0 Å². The lowest BCUT2D eigenvalue weighted by atomic mass is 9.97. The highest BCUT2D eigenvalue weighted by molar-refractivity contribution is 7.84. The molecule has 2 rings (SSSR count). The summed E-state index contributed by atoms with van der Waals surface area (Å²) in [6, 6.07) is 10.4. The highest BCUT2D eigenvalue weighted by atomic mass is 32.2. The molecule has 2 nitrogen and oxygen atoms in total. The fraction of sp³-hybridized carbons (Fsp3) is 0.600. The summed E-state index contributed by atoms with van der Waals surface area (Å²) in [5.41, 5.74) is 1.27. The maximum atomic E-state index is 12.4. The van der Waals surface area contributed by atoms with Crippen LogP contribution in [0.2, 0.25) is 0 Å². The van der Waals surface area contributed by atoms with E-state index in [4.69, 9.17) is 0 Å². The zero-order chi connectivity index (χ0) is 13.6. The standard InChI is InChI=1S/C15H23NOS/c1-13(2,3)18(17)16-15(11-14(15,4)5)12-9-7-6-8-10-12/h6-10,16H,11H2,1-5H3/t15-,18?/m0/s1. The molecule has 1 aliphatic carbocycles. The minimum Gasteiger partial charge on any atom is -0.242 e. The van der Waals surface area contributed by atoms with E-state index in [9.17, 15) is 4.21 Å². The second kappa shape index (κ2) is 4.17. The zero-order valence-electron chi connectivity index (χ0n) is 11.9. The van der Waals surface area contributed by atoms with E-state index in [2.05, 4.69) is 30.7 Å². The van der Waals surface area contributed by atoms with Crippen molar-refractivity contribution in [3.8, 4) is 0 Å². The lowest BCUT2D eigenvalue weighted by Crippen LogP contribution is -2.42. The number of hydrogen-bond donors (Lipinski definition) is 1. The van der Waals surface area contributed by atoms with Crippen molar-refractivity contribution in [3.63, 3.8) is 0 Å². The topological polar surface area (TPSA) is 29.1 Å². The van der Waals surface area contributed by atoms with E-state index in [1.54, 1.807) is 0 Å². The van der Waals surface area contributed by atoms with Gasteiger partial charge in [-0.1, -0.05) is 44.2 Å². The fourth-order valence-electron chi connectivity index (χ4n) is 2.38. The van der Waals surface area contributed by atoms with Crippen LogP contribution in [0.4, 0.5) is 0 Å². The molecule has 0 radical (unpaired) electrons. The molecule has 3 heteroatoms. The first-order chi connectivity index (χ1) is 8.19. The van der Waals surface area contributed by atoms with Crippen LogP contribution in [0, 0.1) is 5.41 Å². The van der Waals surface area contributed by atoms with E-state index in [1.807, 2.05) is 39.0 Å². The third kappa shape index (κ3) is 2.26. The van der Waals surface area contributed by atoms with Crippen molar-refractivity contribution in [2.75, 3.05) is 0 Å². The first-order valence-electron chi connectivity index (χ1n) is 6.44. The molecule has 0 bridgehead atoms. The number of rotatable bonds is 3. The third-order valence-corrected chi connectivity index (χ3v) is 5.47. The van der Waals surface area contributed by atoms with E-state index >= 15 is 0 Å². The molecule has 1 unspecified atom stereocenters. The third-order valence-electron chi connectivity index (χ3n) is 3.83. The average molecular weight is 265 g/mol. The molecule has 0 amide bonds. The van der Waals surface area contributed by atoms with E-state index in [0.29, 0.717) is 0 Å². The molecule has 2 atom stereocenters. The maximum absolute atomic E-state index is 12.4. The molecule has 0 saturated heterocycles. The lowest BCUT2D eigenvalue weighted by molar-refractivity contribution is 0.471. The Morgan fingerprint density at radius 1 is 1.17 bits per heavy atom. The first kappa shape index (κ1) is 13.8. The molecule has 1 aliphatic rings. The molecule has 0 aromatic heterocycles. The summed E-state index contributed by atoms with van der Waals surface area (Å²) in [6.45, 7) is 10.5. The maximum Gasteiger partial charge on any atom is 0.0978 e. The van der Waals surface area contributed by atoms with Gasteiger partial charge in [0.1, 0.15) is 0 Å². The van der Waals surface area contributed by atoms with Crippen molar-refractivity contribution in [1.29, 1.82) is 0 Å². The molecule has 1 fully saturated rings. The van der Waals surface area contributed by atoms with E-state index in [-0.39, 0.29) is 15.7 Å². The Bertz CT molecular complexity index is 461. The van der Waals surface area contributed by atoms with Gasteiger partial charge in [0.2, 0.25) is 0 Å². The second-order valence-corrected chi connectivity index (χ2v) is 8.78. The largest absolute Gasteiger partial charge is 0.242 e. The zero-order valence-corrected chi connectivity index (χ0v) is 12.7. The smallest absolute Gasteiger partial charge is 0.0978 e. The number of hydrogen-bond acceptors (Lipinski definition) is 1. The summed E-state index contributed by atoms with van der Waals surface area (Å²) in [7, 11) is -1.04. The molecule has 1 saturated carbocycles. The molecular weight excluding hydrogens is 242 g/mol. The molecule has 0 spiro atoms. The minimum absolute atomic E-state index is 0.133. The van der Waals surface area contributed by atoms with Gasteiger partial charge in [-0.15, -0.1) is 0 Å². The Morgan fingerprint density at radius 3 is 2.06 bits per heavy atom. The van der Waals surface area contributed by atoms with Crippen LogP contribution in [0.5, 0.6) is 0 Å². The Labute approximate surface area is 113 Å². The van der Waals surface area contributed by atoms with Gasteiger partial charge in [0.15, 0.2) is 0 Å². The van der Waals surface area contributed by atoms with Crippen molar-refractivity contribution in [2.24, 2.45) is 5.41 Å². The molecule has 0 heterocycles. The second-order valence-electron chi connectivity index (χ2n) is 6.82. The van der Waals surface area contributed by atoms with Crippen LogP contribution >= 0.6 is 0 Å². The van der Waals surface area contributed by atoms with Gasteiger partial charge < -0.3 is 0 Å². The minimum atomic E-state index is -1.04. The molecule has 1 aromatic rings. The fourth-order valence-corrected chi connectivity index (χ4v) is 3.47. The molecule has 100 valence electrons. The highest BCUT2D eigenvalue weighted by Crippen LogP contribution is 2.62. The van der Waals surface area contributed by atoms with Crippen LogP contribution in [0.25, 0.3) is 0 Å². The lowest BCUT2D eigenvalue weighted by Gasteiger charge is -2.27. The van der Waals surface area contributed by atoms with Crippen LogP contribution in [0.3, 0.4) is 0 Å². The van der Waals surface area contributed by atoms with E-state index in [0.717, 1.165) is 6.42 Å². The van der Waals surface area contributed by atoms with Crippen LogP contribution < -0.4 is 4.72 Å². The van der Waals surface area contributed by atoms with Crippen LogP contribution in [-0.4, -0.2) is 8.96 Å². The predicted octanol–water partition coefficient (Wildman–Crippen LogP) is 3.36. The Balaban J connectivity index is 2.30. The Kier molecular flexibility index (Phi) is 3.19. The van der Waals surface area contributed by atoms with Crippen LogP contribution in [0.15, 0.2) is 30.3 Å². The summed E-state index contributed by atoms with van der Waals surface area (Å²) in [5, 5.41) is 0. The van der Waals surface area contributed by atoms with Crippen molar-refractivity contribution in [2.45, 2.75) is 51.3 Å². The van der Waals surface area contributed by atoms with Crippen LogP contribution in [0.1, 0.15) is 46.6 Å². The van der Waals surface area contributed by atoms with Gasteiger partial charge in [0, 0.05) is 0 Å². The molecule has 18 heavy (non-hydrogen) atoms. The molecular formula is C15H23NOS. The summed E-state index contributed by atoms with van der Waals surface area (Å²) in [6.07, 6.45) is 1.03. The van der Waals surface area contributed by atoms with Gasteiger partial charge in [0.25, 0.3) is 0 Å². The van der Waals surface area contributed by atoms with Gasteiger partial charge in [-0.25, -0.2) is 8.93 Å². The molecule has 1 N–H and O–H groups in total. The molecule has 1 aromatic carbocycles. The summed E-state index contributed by atoms with van der Waals surface area (Å²) >= 11 is 0.